The molecule has 1 N–H and O–H groups in total. The summed E-state index contributed by atoms with van der Waals surface area (Å²) in [6.45, 7) is 1.01. The van der Waals surface area contributed by atoms with Gasteiger partial charge in [0.05, 0.1) is 17.1 Å². The lowest BCUT2D eigenvalue weighted by Crippen LogP contribution is -2.22. The van der Waals surface area contributed by atoms with Crippen molar-refractivity contribution in [1.82, 2.24) is 15.3 Å². The molecule has 0 radical (unpaired) electrons. The highest BCUT2D eigenvalue weighted by Gasteiger charge is 2.06. The molecule has 2 rings (SSSR count). The summed E-state index contributed by atoms with van der Waals surface area (Å²) in [7, 11) is -2.91. The van der Waals surface area contributed by atoms with Gasteiger partial charge in [-0.05, 0) is 12.1 Å². The third kappa shape index (κ3) is 4.70. The number of aromatic nitrogens is 2. The van der Waals surface area contributed by atoms with Crippen molar-refractivity contribution in [2.45, 2.75) is 6.54 Å². The van der Waals surface area contributed by atoms with Gasteiger partial charge in [-0.2, -0.15) is 0 Å². The Morgan fingerprint density at radius 1 is 1.37 bits per heavy atom. The number of nitrogens with one attached hydrogen (secondary N) is 1. The monoisotopic (exact) mass is 297 g/mol. The summed E-state index contributed by atoms with van der Waals surface area (Å²) >= 11 is 1.53. The predicted octanol–water partition coefficient (Wildman–Crippen LogP) is 1.34. The van der Waals surface area contributed by atoms with E-state index < -0.39 is 9.84 Å². The van der Waals surface area contributed by atoms with Crippen molar-refractivity contribution in [2.75, 3.05) is 18.6 Å². The minimum Gasteiger partial charge on any atom is -0.310 e. The average Bonchev–Trinajstić information content (AvgIpc) is 2.83. The van der Waals surface area contributed by atoms with Crippen LogP contribution >= 0.6 is 11.3 Å². The van der Waals surface area contributed by atoms with Gasteiger partial charge in [-0.3, -0.25) is 4.98 Å². The molecule has 102 valence electrons. The molecule has 0 atom stereocenters. The molecular weight excluding hydrogens is 282 g/mol. The third-order valence-corrected chi connectivity index (χ3v) is 4.25. The SMILES string of the molecule is CS(=O)(=O)CCNCc1csc(-c2ccccn2)n1. The first-order valence-corrected chi connectivity index (χ1v) is 8.73. The van der Waals surface area contributed by atoms with Crippen LogP contribution in [0.3, 0.4) is 0 Å². The lowest BCUT2D eigenvalue weighted by Gasteiger charge is -2.00. The Morgan fingerprint density at radius 3 is 2.89 bits per heavy atom. The average molecular weight is 297 g/mol. The molecule has 0 saturated carbocycles. The maximum Gasteiger partial charge on any atom is 0.148 e. The summed E-state index contributed by atoms with van der Waals surface area (Å²) in [5.41, 5.74) is 1.76. The molecule has 0 aliphatic heterocycles. The van der Waals surface area contributed by atoms with E-state index in [0.29, 0.717) is 13.1 Å². The van der Waals surface area contributed by atoms with E-state index in [1.54, 1.807) is 6.20 Å². The summed E-state index contributed by atoms with van der Waals surface area (Å²) < 4.78 is 21.9. The summed E-state index contributed by atoms with van der Waals surface area (Å²) in [5, 5.41) is 5.90. The Morgan fingerprint density at radius 2 is 2.21 bits per heavy atom. The molecule has 0 saturated heterocycles. The molecule has 0 spiro atoms. The number of pyridine rings is 1. The van der Waals surface area contributed by atoms with Crippen LogP contribution in [0.5, 0.6) is 0 Å². The number of hydrogen-bond acceptors (Lipinski definition) is 6. The topological polar surface area (TPSA) is 72.0 Å². The number of sulfone groups is 1. The molecule has 2 aromatic heterocycles. The highest BCUT2D eigenvalue weighted by atomic mass is 32.2. The van der Waals surface area contributed by atoms with Crippen LogP contribution in [0.1, 0.15) is 5.69 Å². The quantitative estimate of drug-likeness (QED) is 0.815. The van der Waals surface area contributed by atoms with Gasteiger partial charge in [-0.1, -0.05) is 6.07 Å². The molecular formula is C12H15N3O2S2. The lowest BCUT2D eigenvalue weighted by atomic mass is 10.4. The minimum atomic E-state index is -2.91. The first-order chi connectivity index (χ1) is 9.04. The largest absolute Gasteiger partial charge is 0.310 e. The van der Waals surface area contributed by atoms with Crippen LogP contribution in [0.15, 0.2) is 29.8 Å². The molecule has 0 unspecified atom stereocenters. The number of rotatable bonds is 6. The number of nitrogens with zero attached hydrogens (tertiary/aromatic N) is 2. The molecule has 0 aliphatic rings. The van der Waals surface area contributed by atoms with Crippen molar-refractivity contribution in [3.05, 3.63) is 35.5 Å². The zero-order valence-corrected chi connectivity index (χ0v) is 12.2. The van der Waals surface area contributed by atoms with Gasteiger partial charge in [0.2, 0.25) is 0 Å². The summed E-state index contributed by atoms with van der Waals surface area (Å²) in [6.07, 6.45) is 2.97. The van der Waals surface area contributed by atoms with Gasteiger partial charge in [-0.15, -0.1) is 11.3 Å². The van der Waals surface area contributed by atoms with Crippen molar-refractivity contribution in [2.24, 2.45) is 0 Å². The molecule has 0 amide bonds. The van der Waals surface area contributed by atoms with Gasteiger partial charge in [0, 0.05) is 30.9 Å². The van der Waals surface area contributed by atoms with Crippen molar-refractivity contribution in [3.63, 3.8) is 0 Å². The van der Waals surface area contributed by atoms with Gasteiger partial charge < -0.3 is 5.32 Å². The van der Waals surface area contributed by atoms with Crippen LogP contribution in [0, 0.1) is 0 Å². The van der Waals surface area contributed by atoms with E-state index in [1.165, 1.54) is 17.6 Å². The normalized spacial score (nSPS) is 11.6. The van der Waals surface area contributed by atoms with E-state index in [4.69, 9.17) is 0 Å². The molecule has 19 heavy (non-hydrogen) atoms. The maximum atomic E-state index is 11.0. The first-order valence-electron chi connectivity index (χ1n) is 5.79. The van der Waals surface area contributed by atoms with Gasteiger partial charge in [0.25, 0.3) is 0 Å². The fourth-order valence-corrected chi connectivity index (χ4v) is 2.78. The molecule has 0 aromatic carbocycles. The maximum absolute atomic E-state index is 11.0. The predicted molar refractivity (Wildman–Crippen MR) is 76.8 cm³/mol. The van der Waals surface area contributed by atoms with Crippen LogP contribution < -0.4 is 5.32 Å². The summed E-state index contributed by atoms with van der Waals surface area (Å²) in [5.74, 6) is 0.143. The van der Waals surface area contributed by atoms with E-state index in [-0.39, 0.29) is 5.75 Å². The van der Waals surface area contributed by atoms with E-state index in [2.05, 4.69) is 15.3 Å². The van der Waals surface area contributed by atoms with Crippen molar-refractivity contribution >= 4 is 21.2 Å². The molecule has 0 aliphatic carbocycles. The lowest BCUT2D eigenvalue weighted by molar-refractivity contribution is 0.596. The number of hydrogen-bond donors (Lipinski definition) is 1. The van der Waals surface area contributed by atoms with Gasteiger partial charge in [0.15, 0.2) is 0 Å². The Balaban J connectivity index is 1.88. The van der Waals surface area contributed by atoms with Crippen LogP contribution in [0.4, 0.5) is 0 Å². The fourth-order valence-electron chi connectivity index (χ4n) is 1.47. The van der Waals surface area contributed by atoms with Gasteiger partial charge >= 0.3 is 0 Å². The molecule has 0 bridgehead atoms. The second kappa shape index (κ2) is 6.23. The third-order valence-electron chi connectivity index (χ3n) is 2.39. The van der Waals surface area contributed by atoms with Gasteiger partial charge in [-0.25, -0.2) is 13.4 Å². The highest BCUT2D eigenvalue weighted by molar-refractivity contribution is 7.90. The fraction of sp³-hybridized carbons (Fsp3) is 0.333. The van der Waals surface area contributed by atoms with Crippen LogP contribution in [-0.2, 0) is 16.4 Å². The van der Waals surface area contributed by atoms with Crippen molar-refractivity contribution in [3.8, 4) is 10.7 Å². The minimum absolute atomic E-state index is 0.143. The molecule has 5 nitrogen and oxygen atoms in total. The molecule has 0 fully saturated rings. The summed E-state index contributed by atoms with van der Waals surface area (Å²) in [4.78, 5) is 8.70. The second-order valence-corrected chi connectivity index (χ2v) is 7.28. The smallest absolute Gasteiger partial charge is 0.148 e. The zero-order valence-electron chi connectivity index (χ0n) is 10.5. The van der Waals surface area contributed by atoms with E-state index >= 15 is 0 Å². The van der Waals surface area contributed by atoms with Crippen LogP contribution in [-0.4, -0.2) is 36.9 Å². The summed E-state index contributed by atoms with van der Waals surface area (Å²) in [6, 6.07) is 5.71. The molecule has 2 heterocycles. The standard InChI is InChI=1S/C12H15N3O2S2/c1-19(16,17)7-6-13-8-10-9-18-12(15-10)11-4-2-3-5-14-11/h2-5,9,13H,6-8H2,1H3. The van der Waals surface area contributed by atoms with Crippen molar-refractivity contribution < 1.29 is 8.42 Å². The molecule has 2 aromatic rings. The van der Waals surface area contributed by atoms with E-state index in [9.17, 15) is 8.42 Å². The van der Waals surface area contributed by atoms with Gasteiger partial charge in [0.1, 0.15) is 14.8 Å². The van der Waals surface area contributed by atoms with Crippen LogP contribution in [0.2, 0.25) is 0 Å². The van der Waals surface area contributed by atoms with E-state index in [1.807, 2.05) is 23.6 Å². The Hall–Kier alpha value is -1.31. The van der Waals surface area contributed by atoms with E-state index in [0.717, 1.165) is 16.4 Å². The number of thiazole rings is 1. The Bertz CT molecular complexity index is 623. The second-order valence-electron chi connectivity index (χ2n) is 4.17. The Labute approximate surface area is 116 Å². The van der Waals surface area contributed by atoms with Crippen LogP contribution in [0.25, 0.3) is 10.7 Å². The zero-order chi connectivity index (χ0) is 13.7. The Kier molecular flexibility index (Phi) is 4.62. The highest BCUT2D eigenvalue weighted by Crippen LogP contribution is 2.20. The first kappa shape index (κ1) is 14.1. The molecule has 7 heteroatoms. The van der Waals surface area contributed by atoms with Crippen molar-refractivity contribution in [1.29, 1.82) is 0 Å².